The zero-order valence-corrected chi connectivity index (χ0v) is 16.7. The van der Waals surface area contributed by atoms with Crippen molar-refractivity contribution < 1.29 is 9.53 Å². The Morgan fingerprint density at radius 1 is 0.967 bits per heavy atom. The summed E-state index contributed by atoms with van der Waals surface area (Å²) >= 11 is 0. The highest BCUT2D eigenvalue weighted by atomic mass is 16.5. The van der Waals surface area contributed by atoms with Gasteiger partial charge >= 0.3 is 0 Å². The van der Waals surface area contributed by atoms with Gasteiger partial charge in [-0.25, -0.2) is 0 Å². The minimum absolute atomic E-state index is 0.0372. The first-order chi connectivity index (χ1) is 14.6. The number of aromatic nitrogens is 2. The second kappa shape index (κ2) is 7.26. The summed E-state index contributed by atoms with van der Waals surface area (Å²) in [5, 5.41) is 0. The zero-order chi connectivity index (χ0) is 20.7. The lowest BCUT2D eigenvalue weighted by molar-refractivity contribution is 0.0747. The summed E-state index contributed by atoms with van der Waals surface area (Å²) in [7, 11) is 1.61. The van der Waals surface area contributed by atoms with E-state index in [2.05, 4.69) is 16.0 Å². The van der Waals surface area contributed by atoms with Crippen LogP contribution < -0.4 is 15.2 Å². The molecule has 4 aromatic rings. The number of nitrogens with zero attached hydrogens (tertiary/aromatic N) is 3. The summed E-state index contributed by atoms with van der Waals surface area (Å²) in [5.41, 5.74) is 4.02. The standard InChI is InChI=1S/C23H22N4O3/c1-30-18-7-4-16(5-8-18)23(29)26-13-11-25(12-14-26)17-6-9-20-19(15-17)24-22(28)21-3-2-10-27(20)21/h2-10,15H,11-14H2,1H3,(H,24,28). The van der Waals surface area contributed by atoms with Crippen molar-refractivity contribution in [1.82, 2.24) is 14.3 Å². The summed E-state index contributed by atoms with van der Waals surface area (Å²) in [6, 6.07) is 17.0. The van der Waals surface area contributed by atoms with E-state index < -0.39 is 0 Å². The largest absolute Gasteiger partial charge is 0.497 e. The van der Waals surface area contributed by atoms with Crippen LogP contribution in [0.3, 0.4) is 0 Å². The van der Waals surface area contributed by atoms with Crippen LogP contribution >= 0.6 is 0 Å². The van der Waals surface area contributed by atoms with Gasteiger partial charge in [0.05, 0.1) is 18.1 Å². The molecule has 0 bridgehead atoms. The lowest BCUT2D eigenvalue weighted by Gasteiger charge is -2.36. The van der Waals surface area contributed by atoms with E-state index in [0.29, 0.717) is 24.2 Å². The van der Waals surface area contributed by atoms with Crippen LogP contribution in [0.1, 0.15) is 10.4 Å². The van der Waals surface area contributed by atoms with Crippen LogP contribution in [-0.2, 0) is 0 Å². The summed E-state index contributed by atoms with van der Waals surface area (Å²) in [6.07, 6.45) is 1.90. The van der Waals surface area contributed by atoms with Crippen molar-refractivity contribution in [3.63, 3.8) is 0 Å². The second-order valence-corrected chi connectivity index (χ2v) is 7.43. The number of fused-ring (bicyclic) bond motifs is 3. The highest BCUT2D eigenvalue weighted by Crippen LogP contribution is 2.23. The van der Waals surface area contributed by atoms with E-state index in [4.69, 9.17) is 4.74 Å². The lowest BCUT2D eigenvalue weighted by atomic mass is 10.1. The number of aromatic amines is 1. The number of carbonyl (C=O) groups excluding carboxylic acids is 1. The van der Waals surface area contributed by atoms with Gasteiger partial charge in [0, 0.05) is 43.6 Å². The molecule has 2 aromatic carbocycles. The highest BCUT2D eigenvalue weighted by molar-refractivity contribution is 5.94. The first-order valence-corrected chi connectivity index (χ1v) is 9.95. The molecule has 1 aliphatic rings. The van der Waals surface area contributed by atoms with Crippen LogP contribution in [-0.4, -0.2) is 53.5 Å². The van der Waals surface area contributed by atoms with Gasteiger partial charge in [0.2, 0.25) is 0 Å². The Bertz CT molecular complexity index is 1280. The number of hydrogen-bond acceptors (Lipinski definition) is 4. The number of rotatable bonds is 3. The van der Waals surface area contributed by atoms with Crippen molar-refractivity contribution in [2.75, 3.05) is 38.2 Å². The third-order valence-electron chi connectivity index (χ3n) is 5.74. The number of ether oxygens (including phenoxy) is 1. The Labute approximate surface area is 173 Å². The predicted molar refractivity (Wildman–Crippen MR) is 117 cm³/mol. The van der Waals surface area contributed by atoms with Crippen LogP contribution in [0, 0.1) is 0 Å². The van der Waals surface area contributed by atoms with Gasteiger partial charge in [-0.3, -0.25) is 9.59 Å². The van der Waals surface area contributed by atoms with Crippen molar-refractivity contribution in [3.8, 4) is 5.75 Å². The minimum atomic E-state index is -0.0976. The van der Waals surface area contributed by atoms with Gasteiger partial charge in [-0.15, -0.1) is 0 Å². The van der Waals surface area contributed by atoms with Gasteiger partial charge in [-0.1, -0.05) is 0 Å². The molecule has 0 atom stereocenters. The van der Waals surface area contributed by atoms with Crippen LogP contribution in [0.5, 0.6) is 5.75 Å². The molecule has 1 fully saturated rings. The molecule has 1 N–H and O–H groups in total. The fourth-order valence-corrected chi connectivity index (χ4v) is 4.08. The molecule has 1 amide bonds. The predicted octanol–water partition coefficient (Wildman–Crippen LogP) is 2.75. The molecule has 7 nitrogen and oxygen atoms in total. The first-order valence-electron chi connectivity index (χ1n) is 9.95. The van der Waals surface area contributed by atoms with Crippen molar-refractivity contribution in [1.29, 1.82) is 0 Å². The molecular weight excluding hydrogens is 380 g/mol. The summed E-state index contributed by atoms with van der Waals surface area (Å²) in [5.74, 6) is 0.776. The van der Waals surface area contributed by atoms with E-state index in [-0.39, 0.29) is 11.5 Å². The third kappa shape index (κ3) is 3.08. The van der Waals surface area contributed by atoms with Gasteiger partial charge in [0.25, 0.3) is 11.5 Å². The van der Waals surface area contributed by atoms with Crippen molar-refractivity contribution in [2.45, 2.75) is 0 Å². The Kier molecular flexibility index (Phi) is 4.43. The molecule has 7 heteroatoms. The van der Waals surface area contributed by atoms with E-state index in [9.17, 15) is 9.59 Å². The maximum atomic E-state index is 12.8. The molecule has 1 saturated heterocycles. The molecule has 152 valence electrons. The molecule has 0 saturated carbocycles. The third-order valence-corrected chi connectivity index (χ3v) is 5.74. The molecule has 3 heterocycles. The SMILES string of the molecule is COc1ccc(C(=O)N2CCN(c3ccc4c(c3)[nH]c(=O)c3cccn34)CC2)cc1. The van der Waals surface area contributed by atoms with Gasteiger partial charge in [-0.05, 0) is 54.6 Å². The molecule has 5 rings (SSSR count). The number of benzene rings is 2. The van der Waals surface area contributed by atoms with E-state index >= 15 is 0 Å². The summed E-state index contributed by atoms with van der Waals surface area (Å²) < 4.78 is 7.07. The van der Waals surface area contributed by atoms with Crippen LogP contribution in [0.2, 0.25) is 0 Å². The van der Waals surface area contributed by atoms with E-state index in [1.165, 1.54) is 0 Å². The van der Waals surface area contributed by atoms with E-state index in [1.54, 1.807) is 31.4 Å². The average Bonchev–Trinajstić information content (AvgIpc) is 3.29. The normalized spacial score (nSPS) is 14.4. The molecule has 0 aliphatic carbocycles. The number of nitrogens with one attached hydrogen (secondary N) is 1. The van der Waals surface area contributed by atoms with Crippen molar-refractivity contribution >= 4 is 28.1 Å². The minimum Gasteiger partial charge on any atom is -0.497 e. The number of amides is 1. The molecule has 2 aromatic heterocycles. The Hall–Kier alpha value is -3.74. The van der Waals surface area contributed by atoms with Crippen LogP contribution in [0.25, 0.3) is 16.6 Å². The molecule has 0 spiro atoms. The number of methoxy groups -OCH3 is 1. The number of piperazine rings is 1. The summed E-state index contributed by atoms with van der Waals surface area (Å²) in [4.78, 5) is 32.2. The smallest absolute Gasteiger partial charge is 0.272 e. The molecule has 0 unspecified atom stereocenters. The summed E-state index contributed by atoms with van der Waals surface area (Å²) in [6.45, 7) is 2.78. The van der Waals surface area contributed by atoms with Crippen molar-refractivity contribution in [3.05, 3.63) is 76.7 Å². The quantitative estimate of drug-likeness (QED) is 0.572. The topological polar surface area (TPSA) is 70.0 Å². The zero-order valence-electron chi connectivity index (χ0n) is 16.7. The van der Waals surface area contributed by atoms with Crippen LogP contribution in [0.15, 0.2) is 65.6 Å². The lowest BCUT2D eigenvalue weighted by Crippen LogP contribution is -2.48. The Morgan fingerprint density at radius 2 is 1.73 bits per heavy atom. The Balaban J connectivity index is 1.33. The molecular formula is C23H22N4O3. The van der Waals surface area contributed by atoms with E-state index in [1.807, 2.05) is 39.8 Å². The van der Waals surface area contributed by atoms with Gasteiger partial charge < -0.3 is 23.9 Å². The molecule has 0 radical (unpaired) electrons. The number of carbonyl (C=O) groups is 1. The monoisotopic (exact) mass is 402 g/mol. The Morgan fingerprint density at radius 3 is 2.47 bits per heavy atom. The van der Waals surface area contributed by atoms with Gasteiger partial charge in [-0.2, -0.15) is 0 Å². The number of H-pyrrole nitrogens is 1. The van der Waals surface area contributed by atoms with Crippen LogP contribution in [0.4, 0.5) is 5.69 Å². The molecule has 1 aliphatic heterocycles. The fraction of sp³-hybridized carbons (Fsp3) is 0.217. The van der Waals surface area contributed by atoms with Crippen molar-refractivity contribution in [2.24, 2.45) is 0 Å². The maximum Gasteiger partial charge on any atom is 0.272 e. The number of hydrogen-bond donors (Lipinski definition) is 1. The number of anilines is 1. The molecule has 30 heavy (non-hydrogen) atoms. The highest BCUT2D eigenvalue weighted by Gasteiger charge is 2.22. The van der Waals surface area contributed by atoms with Gasteiger partial charge in [0.15, 0.2) is 0 Å². The van der Waals surface area contributed by atoms with E-state index in [0.717, 1.165) is 35.6 Å². The first kappa shape index (κ1) is 18.3. The van der Waals surface area contributed by atoms with Gasteiger partial charge in [0.1, 0.15) is 11.3 Å². The fourth-order valence-electron chi connectivity index (χ4n) is 4.08. The maximum absolute atomic E-state index is 12.8. The second-order valence-electron chi connectivity index (χ2n) is 7.43. The average molecular weight is 402 g/mol.